The van der Waals surface area contributed by atoms with Gasteiger partial charge in [-0.2, -0.15) is 0 Å². The standard InChI is InChI=1S/C14H24/c1-3-4-5-6-7-8-11-14-12-9-10-13(14)2/h13-14H,3-5,8-12H2,1-2H3/t13-,14-/m1/s1. The van der Waals surface area contributed by atoms with Gasteiger partial charge in [0.1, 0.15) is 0 Å². The Labute approximate surface area is 89.5 Å². The van der Waals surface area contributed by atoms with E-state index in [9.17, 15) is 0 Å². The molecule has 1 saturated carbocycles. The van der Waals surface area contributed by atoms with E-state index in [0.29, 0.717) is 0 Å². The molecule has 0 spiro atoms. The van der Waals surface area contributed by atoms with E-state index >= 15 is 0 Å². The SMILES string of the molecule is CCCCC#CCC[C@@H]1CCC[C@H]1C. The molecule has 1 aliphatic carbocycles. The zero-order valence-electron chi connectivity index (χ0n) is 9.81. The Kier molecular flexibility index (Phi) is 5.76. The lowest BCUT2D eigenvalue weighted by atomic mass is 9.93. The van der Waals surface area contributed by atoms with Crippen LogP contribution < -0.4 is 0 Å². The summed E-state index contributed by atoms with van der Waals surface area (Å²) in [6, 6.07) is 0. The number of rotatable bonds is 4. The maximum Gasteiger partial charge on any atom is 0.00914 e. The van der Waals surface area contributed by atoms with Crippen molar-refractivity contribution in [3.63, 3.8) is 0 Å². The van der Waals surface area contributed by atoms with Crippen LogP contribution in [0.4, 0.5) is 0 Å². The maximum absolute atomic E-state index is 3.32. The van der Waals surface area contributed by atoms with Crippen LogP contribution in [0, 0.1) is 23.7 Å². The van der Waals surface area contributed by atoms with Gasteiger partial charge in [-0.1, -0.05) is 39.5 Å². The second kappa shape index (κ2) is 6.93. The van der Waals surface area contributed by atoms with Crippen molar-refractivity contribution < 1.29 is 0 Å². The van der Waals surface area contributed by atoms with Crippen molar-refractivity contribution >= 4 is 0 Å². The van der Waals surface area contributed by atoms with E-state index in [1.165, 1.54) is 38.5 Å². The molecule has 0 heterocycles. The van der Waals surface area contributed by atoms with Crippen molar-refractivity contribution in [3.05, 3.63) is 0 Å². The van der Waals surface area contributed by atoms with Crippen molar-refractivity contribution in [1.82, 2.24) is 0 Å². The largest absolute Gasteiger partial charge is 0.103 e. The van der Waals surface area contributed by atoms with E-state index in [0.717, 1.165) is 24.7 Å². The fourth-order valence-corrected chi connectivity index (χ4v) is 2.35. The van der Waals surface area contributed by atoms with Gasteiger partial charge in [-0.3, -0.25) is 0 Å². The van der Waals surface area contributed by atoms with Crippen LogP contribution in [0.1, 0.15) is 65.2 Å². The van der Waals surface area contributed by atoms with Crippen LogP contribution in [0.5, 0.6) is 0 Å². The van der Waals surface area contributed by atoms with Crippen LogP contribution >= 0.6 is 0 Å². The quantitative estimate of drug-likeness (QED) is 0.457. The highest BCUT2D eigenvalue weighted by atomic mass is 14.3. The van der Waals surface area contributed by atoms with Gasteiger partial charge >= 0.3 is 0 Å². The average molecular weight is 192 g/mol. The highest BCUT2D eigenvalue weighted by Gasteiger charge is 2.21. The van der Waals surface area contributed by atoms with Crippen LogP contribution in [-0.4, -0.2) is 0 Å². The highest BCUT2D eigenvalue weighted by Crippen LogP contribution is 2.34. The minimum atomic E-state index is 0.965. The summed E-state index contributed by atoms with van der Waals surface area (Å²) in [6.45, 7) is 4.63. The molecule has 0 radical (unpaired) electrons. The lowest BCUT2D eigenvalue weighted by molar-refractivity contribution is 0.397. The van der Waals surface area contributed by atoms with Crippen molar-refractivity contribution in [2.24, 2.45) is 11.8 Å². The Bertz CT molecular complexity index is 194. The van der Waals surface area contributed by atoms with Gasteiger partial charge in [-0.05, 0) is 24.7 Å². The number of unbranched alkanes of at least 4 members (excludes halogenated alkanes) is 2. The van der Waals surface area contributed by atoms with Gasteiger partial charge in [-0.25, -0.2) is 0 Å². The topological polar surface area (TPSA) is 0 Å². The van der Waals surface area contributed by atoms with E-state index < -0.39 is 0 Å². The Balaban J connectivity index is 2.04. The molecule has 0 amide bonds. The van der Waals surface area contributed by atoms with Crippen LogP contribution in [-0.2, 0) is 0 Å². The molecule has 1 rings (SSSR count). The molecule has 1 fully saturated rings. The first-order valence-electron chi connectivity index (χ1n) is 6.30. The molecule has 0 heteroatoms. The van der Waals surface area contributed by atoms with E-state index in [1.807, 2.05) is 0 Å². The summed E-state index contributed by atoms with van der Waals surface area (Å²) in [5, 5.41) is 0. The Morgan fingerprint density at radius 1 is 1.14 bits per heavy atom. The summed E-state index contributed by atoms with van der Waals surface area (Å²) in [4.78, 5) is 0. The van der Waals surface area contributed by atoms with E-state index in [-0.39, 0.29) is 0 Å². The second-order valence-corrected chi connectivity index (χ2v) is 4.66. The van der Waals surface area contributed by atoms with Crippen molar-refractivity contribution in [2.45, 2.75) is 65.2 Å². The number of hydrogen-bond acceptors (Lipinski definition) is 0. The van der Waals surface area contributed by atoms with Crippen molar-refractivity contribution in [2.75, 3.05) is 0 Å². The summed E-state index contributed by atoms with van der Waals surface area (Å²) in [5.74, 6) is 8.54. The molecule has 2 atom stereocenters. The first-order valence-corrected chi connectivity index (χ1v) is 6.30. The summed E-state index contributed by atoms with van der Waals surface area (Å²) in [5.41, 5.74) is 0. The Hall–Kier alpha value is -0.440. The molecular weight excluding hydrogens is 168 g/mol. The fraction of sp³-hybridized carbons (Fsp3) is 0.857. The van der Waals surface area contributed by atoms with E-state index in [4.69, 9.17) is 0 Å². The van der Waals surface area contributed by atoms with Gasteiger partial charge in [0.15, 0.2) is 0 Å². The summed E-state index contributed by atoms with van der Waals surface area (Å²) in [6.07, 6.45) is 10.5. The second-order valence-electron chi connectivity index (χ2n) is 4.66. The van der Waals surface area contributed by atoms with Crippen molar-refractivity contribution in [3.8, 4) is 11.8 Å². The lowest BCUT2D eigenvalue weighted by Crippen LogP contribution is -2.02. The average Bonchev–Trinajstić information content (AvgIpc) is 2.58. The summed E-state index contributed by atoms with van der Waals surface area (Å²) < 4.78 is 0. The van der Waals surface area contributed by atoms with E-state index in [2.05, 4.69) is 25.7 Å². The molecule has 0 bridgehead atoms. The normalized spacial score (nSPS) is 25.9. The van der Waals surface area contributed by atoms with Crippen LogP contribution in [0.3, 0.4) is 0 Å². The molecular formula is C14H24. The third-order valence-electron chi connectivity index (χ3n) is 3.46. The molecule has 1 aliphatic rings. The molecule has 14 heavy (non-hydrogen) atoms. The lowest BCUT2D eigenvalue weighted by Gasteiger charge is -2.12. The molecule has 0 aliphatic heterocycles. The zero-order valence-corrected chi connectivity index (χ0v) is 9.81. The summed E-state index contributed by atoms with van der Waals surface area (Å²) in [7, 11) is 0. The number of hydrogen-bond donors (Lipinski definition) is 0. The zero-order chi connectivity index (χ0) is 10.2. The monoisotopic (exact) mass is 192 g/mol. The van der Waals surface area contributed by atoms with Crippen LogP contribution in [0.15, 0.2) is 0 Å². The third-order valence-corrected chi connectivity index (χ3v) is 3.46. The molecule has 0 unspecified atom stereocenters. The predicted molar refractivity (Wildman–Crippen MR) is 63.0 cm³/mol. The maximum atomic E-state index is 3.32. The first kappa shape index (κ1) is 11.6. The molecule has 80 valence electrons. The minimum absolute atomic E-state index is 0.965. The van der Waals surface area contributed by atoms with Gasteiger partial charge < -0.3 is 0 Å². The van der Waals surface area contributed by atoms with Gasteiger partial charge in [0.05, 0.1) is 0 Å². The molecule has 0 saturated heterocycles. The molecule has 0 aromatic heterocycles. The van der Waals surface area contributed by atoms with Gasteiger partial charge in [-0.15, -0.1) is 11.8 Å². The van der Waals surface area contributed by atoms with Gasteiger partial charge in [0.2, 0.25) is 0 Å². The highest BCUT2D eigenvalue weighted by molar-refractivity contribution is 4.99. The van der Waals surface area contributed by atoms with Gasteiger partial charge in [0.25, 0.3) is 0 Å². The molecule has 0 aromatic carbocycles. The van der Waals surface area contributed by atoms with Gasteiger partial charge in [0, 0.05) is 12.8 Å². The van der Waals surface area contributed by atoms with Crippen molar-refractivity contribution in [1.29, 1.82) is 0 Å². The molecule has 0 N–H and O–H groups in total. The van der Waals surface area contributed by atoms with E-state index in [1.54, 1.807) is 0 Å². The predicted octanol–water partition coefficient (Wildman–Crippen LogP) is 4.40. The first-order chi connectivity index (χ1) is 6.84. The molecule has 0 aromatic rings. The Morgan fingerprint density at radius 2 is 1.93 bits per heavy atom. The van der Waals surface area contributed by atoms with Crippen LogP contribution in [0.2, 0.25) is 0 Å². The molecule has 0 nitrogen and oxygen atoms in total. The Morgan fingerprint density at radius 3 is 2.57 bits per heavy atom. The third kappa shape index (κ3) is 4.18. The van der Waals surface area contributed by atoms with Crippen LogP contribution in [0.25, 0.3) is 0 Å². The minimum Gasteiger partial charge on any atom is -0.103 e. The fourth-order valence-electron chi connectivity index (χ4n) is 2.35. The smallest absolute Gasteiger partial charge is 0.00914 e. The summed E-state index contributed by atoms with van der Waals surface area (Å²) >= 11 is 0.